The maximum absolute atomic E-state index is 10.4. The molecule has 0 radical (unpaired) electrons. The summed E-state index contributed by atoms with van der Waals surface area (Å²) in [7, 11) is 0. The van der Waals surface area contributed by atoms with Gasteiger partial charge < -0.3 is 15.7 Å². The molecule has 0 amide bonds. The van der Waals surface area contributed by atoms with Crippen LogP contribution in [0.25, 0.3) is 0 Å². The van der Waals surface area contributed by atoms with E-state index in [1.807, 2.05) is 6.92 Å². The molecular formula is C9H16N3NaO2. The van der Waals surface area contributed by atoms with Gasteiger partial charge in [-0.3, -0.25) is 9.79 Å². The fraction of sp³-hybridized carbons (Fsp3) is 0.444. The molecular weight excluding hydrogens is 205 g/mol. The summed E-state index contributed by atoms with van der Waals surface area (Å²) in [6.45, 7) is 5.65. The van der Waals surface area contributed by atoms with E-state index in [0.29, 0.717) is 6.54 Å². The van der Waals surface area contributed by atoms with Gasteiger partial charge in [0.25, 0.3) is 0 Å². The van der Waals surface area contributed by atoms with Crippen LogP contribution >= 0.6 is 0 Å². The van der Waals surface area contributed by atoms with Gasteiger partial charge in [-0.05, 0) is 6.42 Å². The number of carboxylic acids is 1. The molecule has 5 nitrogen and oxygen atoms in total. The summed E-state index contributed by atoms with van der Waals surface area (Å²) < 4.78 is 0. The van der Waals surface area contributed by atoms with E-state index >= 15 is 0 Å². The van der Waals surface area contributed by atoms with Crippen molar-refractivity contribution in [1.82, 2.24) is 4.90 Å². The zero-order valence-electron chi connectivity index (χ0n) is 8.23. The summed E-state index contributed by atoms with van der Waals surface area (Å²) in [5.41, 5.74) is 8.01. The Labute approximate surface area is 112 Å². The fourth-order valence-electron chi connectivity index (χ4n) is 0.766. The van der Waals surface area contributed by atoms with Crippen LogP contribution in [0.1, 0.15) is 13.3 Å². The number of nitrogens with two attached hydrogens (primary N) is 1. The van der Waals surface area contributed by atoms with Gasteiger partial charge in [-0.2, -0.15) is 0 Å². The first-order valence-corrected chi connectivity index (χ1v) is 4.26. The number of hydrogen-bond donors (Lipinski definition) is 2. The third kappa shape index (κ3) is 8.27. The summed E-state index contributed by atoms with van der Waals surface area (Å²) >= 11 is 0. The van der Waals surface area contributed by atoms with E-state index in [-0.39, 0.29) is 42.1 Å². The van der Waals surface area contributed by atoms with Crippen LogP contribution in [0, 0.1) is 0 Å². The minimum atomic E-state index is -0.980. The average molecular weight is 221 g/mol. The first-order valence-electron chi connectivity index (χ1n) is 4.26. The van der Waals surface area contributed by atoms with Crippen LogP contribution in [0.2, 0.25) is 0 Å². The second-order valence-electron chi connectivity index (χ2n) is 2.59. The summed E-state index contributed by atoms with van der Waals surface area (Å²) in [5, 5.41) is 8.56. The van der Waals surface area contributed by atoms with Crippen molar-refractivity contribution in [2.45, 2.75) is 13.3 Å². The normalized spacial score (nSPS) is 9.80. The van der Waals surface area contributed by atoms with Crippen molar-refractivity contribution >= 4 is 41.5 Å². The van der Waals surface area contributed by atoms with Crippen LogP contribution in [0.4, 0.5) is 0 Å². The summed E-state index contributed by atoms with van der Waals surface area (Å²) in [4.78, 5) is 15.7. The van der Waals surface area contributed by atoms with Crippen LogP contribution in [0.5, 0.6) is 0 Å². The number of aliphatic imine (C=N–C) groups is 1. The van der Waals surface area contributed by atoms with E-state index < -0.39 is 5.97 Å². The first-order chi connectivity index (χ1) is 6.61. The molecule has 0 saturated carbocycles. The van der Waals surface area contributed by atoms with E-state index in [2.05, 4.69) is 17.3 Å². The Bertz CT molecular complexity index is 273. The molecule has 0 aliphatic carbocycles. The molecule has 3 N–H and O–H groups in total. The predicted octanol–water partition coefficient (Wildman–Crippen LogP) is -0.252. The van der Waals surface area contributed by atoms with Gasteiger partial charge >= 0.3 is 35.5 Å². The number of carboxylic acid groups (broad SMARTS) is 1. The molecule has 0 atom stereocenters. The molecule has 0 unspecified atom stereocenters. The van der Waals surface area contributed by atoms with Crippen molar-refractivity contribution in [2.75, 3.05) is 13.1 Å². The van der Waals surface area contributed by atoms with Crippen LogP contribution in [0.3, 0.4) is 0 Å². The SMILES string of the molecule is C=C=CN(CC(=O)O)C(N)=NCCC.[NaH]. The molecule has 0 aromatic carbocycles. The molecule has 0 aromatic rings. The molecule has 0 rings (SSSR count). The zero-order chi connectivity index (χ0) is 11.0. The van der Waals surface area contributed by atoms with Crippen molar-refractivity contribution in [2.24, 2.45) is 10.7 Å². The van der Waals surface area contributed by atoms with Crippen molar-refractivity contribution in [1.29, 1.82) is 0 Å². The molecule has 0 bridgehead atoms. The maximum atomic E-state index is 10.4. The Kier molecular flexibility index (Phi) is 10.9. The number of guanidine groups is 1. The molecule has 80 valence electrons. The van der Waals surface area contributed by atoms with Crippen molar-refractivity contribution in [3.05, 3.63) is 18.5 Å². The monoisotopic (exact) mass is 221 g/mol. The number of aliphatic carboxylic acids is 1. The first kappa shape index (κ1) is 16.7. The Morgan fingerprint density at radius 2 is 2.33 bits per heavy atom. The Morgan fingerprint density at radius 3 is 2.73 bits per heavy atom. The number of hydrogen-bond acceptors (Lipinski definition) is 2. The quantitative estimate of drug-likeness (QED) is 0.290. The standard InChI is InChI=1S/C9H15N3O2.Na.H/c1-3-5-11-9(10)12(6-4-2)7-8(13)14;;/h6H,2-3,5,7H2,1H3,(H2,10,11)(H,13,14);;. The molecule has 0 aliphatic rings. The van der Waals surface area contributed by atoms with Crippen molar-refractivity contribution < 1.29 is 9.90 Å². The van der Waals surface area contributed by atoms with E-state index in [1.54, 1.807) is 0 Å². The van der Waals surface area contributed by atoms with E-state index in [4.69, 9.17) is 10.8 Å². The number of rotatable bonds is 5. The summed E-state index contributed by atoms with van der Waals surface area (Å²) in [5.74, 6) is -0.809. The van der Waals surface area contributed by atoms with E-state index in [0.717, 1.165) is 6.42 Å². The van der Waals surface area contributed by atoms with Crippen molar-refractivity contribution in [3.63, 3.8) is 0 Å². The van der Waals surface area contributed by atoms with E-state index in [9.17, 15) is 4.79 Å². The summed E-state index contributed by atoms with van der Waals surface area (Å²) in [6.07, 6.45) is 2.22. The minimum absolute atomic E-state index is 0. The number of carbonyl (C=O) groups is 1. The topological polar surface area (TPSA) is 78.9 Å². The number of nitrogens with zero attached hydrogens (tertiary/aromatic N) is 2. The van der Waals surface area contributed by atoms with Crippen LogP contribution in [-0.4, -0.2) is 64.6 Å². The van der Waals surface area contributed by atoms with Crippen LogP contribution in [-0.2, 0) is 4.79 Å². The molecule has 6 heteroatoms. The Hall–Kier alpha value is -0.740. The second-order valence-corrected chi connectivity index (χ2v) is 2.59. The van der Waals surface area contributed by atoms with Gasteiger partial charge in [0, 0.05) is 12.7 Å². The Morgan fingerprint density at radius 1 is 1.73 bits per heavy atom. The Balaban J connectivity index is 0. The molecule has 15 heavy (non-hydrogen) atoms. The van der Waals surface area contributed by atoms with E-state index in [1.165, 1.54) is 11.1 Å². The third-order valence-electron chi connectivity index (χ3n) is 1.34. The average Bonchev–Trinajstić information content (AvgIpc) is 2.13. The third-order valence-corrected chi connectivity index (χ3v) is 1.34. The van der Waals surface area contributed by atoms with Gasteiger partial charge in [0.1, 0.15) is 6.54 Å². The van der Waals surface area contributed by atoms with Gasteiger partial charge in [0.05, 0.1) is 0 Å². The molecule has 0 heterocycles. The summed E-state index contributed by atoms with van der Waals surface area (Å²) in [6, 6.07) is 0. The van der Waals surface area contributed by atoms with Gasteiger partial charge in [0.15, 0.2) is 5.96 Å². The van der Waals surface area contributed by atoms with Crippen LogP contribution < -0.4 is 5.73 Å². The van der Waals surface area contributed by atoms with Crippen molar-refractivity contribution in [3.8, 4) is 0 Å². The molecule has 0 spiro atoms. The molecule has 0 aliphatic heterocycles. The molecule has 0 fully saturated rings. The van der Waals surface area contributed by atoms with Gasteiger partial charge in [-0.25, -0.2) is 0 Å². The van der Waals surface area contributed by atoms with Gasteiger partial charge in [0.2, 0.25) is 0 Å². The fourth-order valence-corrected chi connectivity index (χ4v) is 0.766. The zero-order valence-corrected chi connectivity index (χ0v) is 8.23. The van der Waals surface area contributed by atoms with Crippen LogP contribution in [0.15, 0.2) is 23.5 Å². The second kappa shape index (κ2) is 9.80. The van der Waals surface area contributed by atoms with Gasteiger partial charge in [-0.1, -0.05) is 13.5 Å². The molecule has 0 aromatic heterocycles. The van der Waals surface area contributed by atoms with Gasteiger partial charge in [-0.15, -0.1) is 5.73 Å². The predicted molar refractivity (Wildman–Crippen MR) is 62.0 cm³/mol. The molecule has 0 saturated heterocycles.